The van der Waals surface area contributed by atoms with Crippen LogP contribution in [0.15, 0.2) is 30.5 Å². The van der Waals surface area contributed by atoms with Gasteiger partial charge in [-0.3, -0.25) is 9.59 Å². The van der Waals surface area contributed by atoms with Crippen molar-refractivity contribution < 1.29 is 9.59 Å². The van der Waals surface area contributed by atoms with Gasteiger partial charge in [-0.2, -0.15) is 0 Å². The number of aromatic nitrogens is 1. The minimum atomic E-state index is -0.650. The van der Waals surface area contributed by atoms with Crippen LogP contribution >= 0.6 is 0 Å². The highest BCUT2D eigenvalue weighted by Crippen LogP contribution is 2.18. The van der Waals surface area contributed by atoms with Crippen molar-refractivity contribution in [3.63, 3.8) is 0 Å². The van der Waals surface area contributed by atoms with Gasteiger partial charge >= 0.3 is 0 Å². The molecule has 0 spiro atoms. The summed E-state index contributed by atoms with van der Waals surface area (Å²) in [5.74, 6) is -0.158. The molecule has 2 rings (SSSR count). The Morgan fingerprint density at radius 1 is 1.24 bits per heavy atom. The molecule has 5 N–H and O–H groups in total. The first-order valence-electron chi connectivity index (χ1n) is 8.41. The maximum atomic E-state index is 12.2. The summed E-state index contributed by atoms with van der Waals surface area (Å²) in [5, 5.41) is 6.95. The predicted molar refractivity (Wildman–Crippen MR) is 102 cm³/mol. The number of benzene rings is 1. The number of hydrogen-bond donors (Lipinski definition) is 4. The zero-order valence-corrected chi connectivity index (χ0v) is 14.3. The maximum Gasteiger partial charge on any atom is 0.237 e. The van der Waals surface area contributed by atoms with E-state index in [1.165, 1.54) is 0 Å². The summed E-state index contributed by atoms with van der Waals surface area (Å²) in [7, 11) is 0. The van der Waals surface area contributed by atoms with E-state index < -0.39 is 6.04 Å². The summed E-state index contributed by atoms with van der Waals surface area (Å²) in [5.41, 5.74) is 8.08. The first kappa shape index (κ1) is 20.9. The van der Waals surface area contributed by atoms with Crippen molar-refractivity contribution in [2.75, 3.05) is 13.1 Å². The summed E-state index contributed by atoms with van der Waals surface area (Å²) in [6, 6.07) is 6.91. The van der Waals surface area contributed by atoms with Crippen molar-refractivity contribution in [1.82, 2.24) is 15.6 Å². The SMILES string of the molecule is C.CCN[C@@H](CNC(=O)C(N)Cc1c[nH]c2ccccc12)C(=O)CC. The first-order valence-corrected chi connectivity index (χ1v) is 8.41. The van der Waals surface area contributed by atoms with Crippen LogP contribution in [0.25, 0.3) is 10.9 Å². The summed E-state index contributed by atoms with van der Waals surface area (Å²) in [6.45, 7) is 4.69. The highest BCUT2D eigenvalue weighted by Gasteiger charge is 2.20. The van der Waals surface area contributed by atoms with E-state index in [2.05, 4.69) is 15.6 Å². The van der Waals surface area contributed by atoms with Gasteiger partial charge in [0, 0.05) is 30.1 Å². The van der Waals surface area contributed by atoms with Crippen LogP contribution in [0, 0.1) is 0 Å². The van der Waals surface area contributed by atoms with Gasteiger partial charge in [0.15, 0.2) is 5.78 Å². The van der Waals surface area contributed by atoms with E-state index in [4.69, 9.17) is 5.73 Å². The van der Waals surface area contributed by atoms with Gasteiger partial charge < -0.3 is 21.4 Å². The average Bonchev–Trinajstić information content (AvgIpc) is 3.00. The van der Waals surface area contributed by atoms with Gasteiger partial charge in [0.1, 0.15) is 0 Å². The number of amides is 1. The molecular weight excluding hydrogens is 316 g/mol. The number of hydrogen-bond acceptors (Lipinski definition) is 4. The van der Waals surface area contributed by atoms with Crippen LogP contribution in [-0.4, -0.2) is 41.8 Å². The summed E-state index contributed by atoms with van der Waals surface area (Å²) in [4.78, 5) is 27.3. The lowest BCUT2D eigenvalue weighted by molar-refractivity contribution is -0.123. The second-order valence-corrected chi connectivity index (χ2v) is 5.85. The van der Waals surface area contributed by atoms with Crippen LogP contribution in [0.4, 0.5) is 0 Å². The van der Waals surface area contributed by atoms with E-state index in [9.17, 15) is 9.59 Å². The highest BCUT2D eigenvalue weighted by atomic mass is 16.2. The summed E-state index contributed by atoms with van der Waals surface area (Å²) in [6.07, 6.45) is 2.78. The lowest BCUT2D eigenvalue weighted by atomic mass is 10.0. The van der Waals surface area contributed by atoms with Gasteiger partial charge in [-0.1, -0.05) is 39.5 Å². The molecule has 0 bridgehead atoms. The number of carbonyl (C=O) groups is 2. The molecule has 2 atom stereocenters. The number of carbonyl (C=O) groups excluding carboxylic acids is 2. The molecule has 25 heavy (non-hydrogen) atoms. The normalized spacial score (nSPS) is 13.1. The number of likely N-dealkylation sites (N-methyl/N-ethyl adjacent to an activating group) is 1. The number of rotatable bonds is 9. The zero-order valence-electron chi connectivity index (χ0n) is 14.3. The maximum absolute atomic E-state index is 12.2. The number of aromatic amines is 1. The van der Waals surface area contributed by atoms with Gasteiger partial charge in [-0.25, -0.2) is 0 Å². The fourth-order valence-corrected chi connectivity index (χ4v) is 2.76. The minimum Gasteiger partial charge on any atom is -0.361 e. The van der Waals surface area contributed by atoms with Crippen molar-refractivity contribution in [2.45, 2.75) is 46.2 Å². The molecule has 1 amide bonds. The number of nitrogens with one attached hydrogen (secondary N) is 3. The number of ketones is 1. The first-order chi connectivity index (χ1) is 11.6. The van der Waals surface area contributed by atoms with Crippen molar-refractivity contribution in [1.29, 1.82) is 0 Å². The van der Waals surface area contributed by atoms with Crippen LogP contribution in [-0.2, 0) is 16.0 Å². The second kappa shape index (κ2) is 9.96. The molecule has 138 valence electrons. The topological polar surface area (TPSA) is 100 Å². The quantitative estimate of drug-likeness (QED) is 0.556. The molecule has 1 aromatic heterocycles. The van der Waals surface area contributed by atoms with E-state index in [1.807, 2.05) is 44.3 Å². The van der Waals surface area contributed by atoms with Gasteiger partial charge in [-0.05, 0) is 24.6 Å². The smallest absolute Gasteiger partial charge is 0.237 e. The molecule has 6 heteroatoms. The Labute approximate surface area is 149 Å². The number of H-pyrrole nitrogens is 1. The predicted octanol–water partition coefficient (Wildman–Crippen LogP) is 1.75. The number of Topliss-reactive ketones (excluding diaryl/α,β-unsaturated/α-hetero) is 1. The molecule has 1 aromatic carbocycles. The Balaban J connectivity index is 0.00000312. The molecule has 0 radical (unpaired) electrons. The van der Waals surface area contributed by atoms with Crippen molar-refractivity contribution in [3.8, 4) is 0 Å². The van der Waals surface area contributed by atoms with Gasteiger partial charge in [0.05, 0.1) is 12.1 Å². The standard InChI is InChI=1S/C18H26N4O2.CH4/c1-3-17(23)16(20-4-2)11-22-18(24)14(19)9-12-10-21-15-8-6-5-7-13(12)15;/h5-8,10,14,16,20-21H,3-4,9,11,19H2,1-2H3,(H,22,24);1H4/t14?,16-;/m0./s1. The van der Waals surface area contributed by atoms with Crippen LogP contribution in [0.3, 0.4) is 0 Å². The van der Waals surface area contributed by atoms with E-state index in [1.54, 1.807) is 0 Å². The fraction of sp³-hybridized carbons (Fsp3) is 0.474. The zero-order chi connectivity index (χ0) is 17.5. The van der Waals surface area contributed by atoms with Gasteiger partial charge in [-0.15, -0.1) is 0 Å². The molecule has 0 aliphatic heterocycles. The number of fused-ring (bicyclic) bond motifs is 1. The molecule has 1 unspecified atom stereocenters. The third-order valence-corrected chi connectivity index (χ3v) is 4.12. The van der Waals surface area contributed by atoms with Crippen LogP contribution in [0.2, 0.25) is 0 Å². The van der Waals surface area contributed by atoms with Gasteiger partial charge in [0.2, 0.25) is 5.91 Å². The lowest BCUT2D eigenvalue weighted by Gasteiger charge is -2.18. The molecule has 1 heterocycles. The van der Waals surface area contributed by atoms with E-state index in [0.29, 0.717) is 19.4 Å². The van der Waals surface area contributed by atoms with Crippen molar-refractivity contribution >= 4 is 22.6 Å². The summed E-state index contributed by atoms with van der Waals surface area (Å²) < 4.78 is 0. The summed E-state index contributed by atoms with van der Waals surface area (Å²) >= 11 is 0. The highest BCUT2D eigenvalue weighted by molar-refractivity contribution is 5.87. The van der Waals surface area contributed by atoms with Crippen LogP contribution < -0.4 is 16.4 Å². The third-order valence-electron chi connectivity index (χ3n) is 4.12. The number of para-hydroxylation sites is 1. The molecule has 2 aromatic rings. The van der Waals surface area contributed by atoms with Crippen molar-refractivity contribution in [2.24, 2.45) is 5.73 Å². The molecular formula is C19H30N4O2. The Morgan fingerprint density at radius 3 is 2.64 bits per heavy atom. The molecule has 0 fully saturated rings. The van der Waals surface area contributed by atoms with E-state index in [0.717, 1.165) is 16.5 Å². The van der Waals surface area contributed by atoms with E-state index >= 15 is 0 Å². The fourth-order valence-electron chi connectivity index (χ4n) is 2.76. The van der Waals surface area contributed by atoms with Gasteiger partial charge in [0.25, 0.3) is 0 Å². The largest absolute Gasteiger partial charge is 0.361 e. The second-order valence-electron chi connectivity index (χ2n) is 5.85. The van der Waals surface area contributed by atoms with Crippen LogP contribution in [0.5, 0.6) is 0 Å². The molecule has 0 aliphatic rings. The molecule has 0 saturated carbocycles. The Kier molecular flexibility index (Phi) is 8.31. The van der Waals surface area contributed by atoms with Crippen molar-refractivity contribution in [3.05, 3.63) is 36.0 Å². The molecule has 6 nitrogen and oxygen atoms in total. The molecule has 0 aliphatic carbocycles. The molecule has 0 saturated heterocycles. The van der Waals surface area contributed by atoms with E-state index in [-0.39, 0.29) is 31.7 Å². The Hall–Kier alpha value is -2.18. The third kappa shape index (κ3) is 5.41. The Morgan fingerprint density at radius 2 is 1.96 bits per heavy atom. The Bertz CT molecular complexity index is 696. The number of nitrogens with two attached hydrogens (primary N) is 1. The van der Waals surface area contributed by atoms with Crippen LogP contribution in [0.1, 0.15) is 33.3 Å². The minimum absolute atomic E-state index is 0. The monoisotopic (exact) mass is 346 g/mol. The average molecular weight is 346 g/mol. The lowest BCUT2D eigenvalue weighted by Crippen LogP contribution is -2.50.